The van der Waals surface area contributed by atoms with Crippen LogP contribution in [0.4, 0.5) is 17.1 Å². The molecule has 0 bridgehead atoms. The molecular weight excluding hydrogens is 1270 g/mol. The molecule has 5 nitrogen and oxygen atoms in total. The van der Waals surface area contributed by atoms with E-state index in [9.17, 15) is 0 Å². The van der Waals surface area contributed by atoms with Gasteiger partial charge in [-0.2, -0.15) is 0 Å². The monoisotopic (exact) mass is 1340 g/mol. The average molecular weight is 1340 g/mol. The predicted octanol–water partition coefficient (Wildman–Crippen LogP) is 27.2. The minimum atomic E-state index is -0.436. The standard InChI is InChI=1S/C99H72N2O3/c1-95(2)71-43-45-83-86(63-28-16-21-33-80(63)102-83)85(71)69-52-75-67(51-76(69)95)58-40-37-55(47-72(58)96(75,3)4)100(57-39-42-62-74(49-57)99(9,10)91-87(62)89-65-30-18-23-35-82(65)104-94(89)90-60-27-14-19-31-70(60)98(7,8)92(90)91)56-38-41-61-73(48-56)97(5,6)77-50-66(93-88(84(61)77)64-29-17-22-34-81(64)103-93)53-36-44-79-68(46-53)59-26-15-20-32-78(59)101(79)54-24-12-11-13-25-54/h11-52H,1-10H3. The van der Waals surface area contributed by atoms with Gasteiger partial charge >= 0.3 is 0 Å². The van der Waals surface area contributed by atoms with Crippen molar-refractivity contribution in [2.24, 2.45) is 0 Å². The van der Waals surface area contributed by atoms with Gasteiger partial charge in [0.05, 0.1) is 11.0 Å². The zero-order valence-electron chi connectivity index (χ0n) is 59.9. The Morgan fingerprint density at radius 2 is 0.731 bits per heavy atom. The third-order valence-corrected chi connectivity index (χ3v) is 25.9. The molecule has 0 radical (unpaired) electrons. The number of hydrogen-bond donors (Lipinski definition) is 0. The molecule has 0 N–H and O–H groups in total. The number of furan rings is 3. The second-order valence-electron chi connectivity index (χ2n) is 33.0. The molecule has 0 saturated carbocycles. The first-order chi connectivity index (χ1) is 50.4. The van der Waals surface area contributed by atoms with Gasteiger partial charge < -0.3 is 22.7 Å². The summed E-state index contributed by atoms with van der Waals surface area (Å²) in [6.45, 7) is 24.4. The molecule has 5 aliphatic carbocycles. The van der Waals surface area contributed by atoms with E-state index in [1.54, 1.807) is 0 Å². The highest BCUT2D eigenvalue weighted by Crippen LogP contribution is 2.66. The van der Waals surface area contributed by atoms with Crippen LogP contribution in [0.3, 0.4) is 0 Å². The molecule has 0 spiro atoms. The molecule has 18 aromatic rings. The van der Waals surface area contributed by atoms with Gasteiger partial charge in [0.15, 0.2) is 0 Å². The summed E-state index contributed by atoms with van der Waals surface area (Å²) in [6.07, 6.45) is 0. The normalized spacial score (nSPS) is 16.0. The summed E-state index contributed by atoms with van der Waals surface area (Å²) in [5.41, 5.74) is 39.1. The molecule has 0 unspecified atom stereocenters. The van der Waals surface area contributed by atoms with Crippen LogP contribution in [0.2, 0.25) is 0 Å². The Balaban J connectivity index is 0.729. The first-order valence-electron chi connectivity index (χ1n) is 37.0. The van der Waals surface area contributed by atoms with Crippen LogP contribution in [0, 0.1) is 0 Å². The van der Waals surface area contributed by atoms with Gasteiger partial charge in [-0.3, -0.25) is 0 Å². The molecule has 0 fully saturated rings. The quantitative estimate of drug-likeness (QED) is 0.172. The Kier molecular flexibility index (Phi) is 11.0. The van der Waals surface area contributed by atoms with E-state index in [4.69, 9.17) is 13.3 Å². The van der Waals surface area contributed by atoms with Crippen LogP contribution < -0.4 is 4.90 Å². The zero-order valence-corrected chi connectivity index (χ0v) is 59.9. The van der Waals surface area contributed by atoms with E-state index in [0.29, 0.717) is 0 Å². The van der Waals surface area contributed by atoms with Gasteiger partial charge in [-0.05, 0) is 220 Å². The molecule has 5 heteroatoms. The van der Waals surface area contributed by atoms with E-state index in [1.165, 1.54) is 149 Å². The van der Waals surface area contributed by atoms with Crippen molar-refractivity contribution in [3.8, 4) is 72.4 Å². The fraction of sp³-hybridized carbons (Fsp3) is 0.152. The van der Waals surface area contributed by atoms with Crippen LogP contribution >= 0.6 is 0 Å². The summed E-state index contributed by atoms with van der Waals surface area (Å²) in [7, 11) is 0. The van der Waals surface area contributed by atoms with Gasteiger partial charge in [-0.1, -0.05) is 215 Å². The lowest BCUT2D eigenvalue weighted by atomic mass is 9.72. The highest BCUT2D eigenvalue weighted by atomic mass is 16.3. The molecule has 0 atom stereocenters. The number of anilines is 3. The molecule has 4 heterocycles. The van der Waals surface area contributed by atoms with Crippen LogP contribution in [0.5, 0.6) is 0 Å². The van der Waals surface area contributed by atoms with Gasteiger partial charge in [-0.15, -0.1) is 0 Å². The van der Waals surface area contributed by atoms with Gasteiger partial charge in [0.2, 0.25) is 0 Å². The Labute approximate surface area is 602 Å². The van der Waals surface area contributed by atoms with Gasteiger partial charge in [0.25, 0.3) is 0 Å². The van der Waals surface area contributed by atoms with Gasteiger partial charge in [-0.25, -0.2) is 0 Å². The first kappa shape index (κ1) is 58.7. The fourth-order valence-electron chi connectivity index (χ4n) is 20.9. The summed E-state index contributed by atoms with van der Waals surface area (Å²) < 4.78 is 23.4. The Morgan fingerprint density at radius 1 is 0.260 bits per heavy atom. The lowest BCUT2D eigenvalue weighted by molar-refractivity contribution is 0.600. The molecular formula is C99H72N2O3. The number of benzene rings is 14. The van der Waals surface area contributed by atoms with E-state index < -0.39 is 10.8 Å². The van der Waals surface area contributed by atoms with E-state index >= 15 is 0 Å². The van der Waals surface area contributed by atoms with Crippen molar-refractivity contribution in [2.45, 2.75) is 96.3 Å². The minimum absolute atomic E-state index is 0.230. The third kappa shape index (κ3) is 7.15. The van der Waals surface area contributed by atoms with Gasteiger partial charge in [0, 0.05) is 104 Å². The SMILES string of the molecule is CC1(C)c2cc(N(c3ccc4c(c3)C(C)(C)c3cc(-c5ccc6c(c5)c5ccccc5n6-c5ccccc5)c5oc6ccccc6c5c3-4)c3ccc4c(c3)C(C)(C)c3c5c(c6oc7ccccc7c6c3-4)-c3ccccc3C5(C)C)ccc2-c2cc3c(cc21)-c1c(ccc2oc4ccccc4c12)C3(C)C. The number of nitrogens with zero attached hydrogens (tertiary/aromatic N) is 2. The summed E-state index contributed by atoms with van der Waals surface area (Å²) >= 11 is 0. The highest BCUT2D eigenvalue weighted by Gasteiger charge is 2.50. The number of rotatable bonds is 5. The molecule has 5 aliphatic rings. The summed E-state index contributed by atoms with van der Waals surface area (Å²) in [5.74, 6) is 0. The molecule has 0 aliphatic heterocycles. The van der Waals surface area contributed by atoms with Crippen molar-refractivity contribution in [3.63, 3.8) is 0 Å². The van der Waals surface area contributed by atoms with Crippen molar-refractivity contribution in [2.75, 3.05) is 4.90 Å². The first-order valence-corrected chi connectivity index (χ1v) is 37.0. The second kappa shape index (κ2) is 19.4. The topological polar surface area (TPSA) is 47.6 Å². The maximum atomic E-state index is 7.20. The van der Waals surface area contributed by atoms with Crippen molar-refractivity contribution < 1.29 is 13.3 Å². The number of fused-ring (bicyclic) bond motifs is 32. The lowest BCUT2D eigenvalue weighted by Crippen LogP contribution is -2.24. The Hall–Kier alpha value is -11.9. The van der Waals surface area contributed by atoms with E-state index in [2.05, 4.69) is 333 Å². The number of para-hydroxylation sites is 5. The highest BCUT2D eigenvalue weighted by molar-refractivity contribution is 6.23. The summed E-state index contributed by atoms with van der Waals surface area (Å²) in [4.78, 5) is 2.58. The zero-order chi connectivity index (χ0) is 69.7. The Bertz CT molecular complexity index is 7010. The molecule has 4 aromatic heterocycles. The van der Waals surface area contributed by atoms with Gasteiger partial charge in [0.1, 0.15) is 33.5 Å². The van der Waals surface area contributed by atoms with Crippen molar-refractivity contribution in [1.29, 1.82) is 0 Å². The lowest BCUT2D eigenvalue weighted by Gasteiger charge is -2.32. The smallest absolute Gasteiger partial charge is 0.144 e. The van der Waals surface area contributed by atoms with E-state index in [0.717, 1.165) is 83.5 Å². The largest absolute Gasteiger partial charge is 0.456 e. The fourth-order valence-corrected chi connectivity index (χ4v) is 20.9. The van der Waals surface area contributed by atoms with Crippen molar-refractivity contribution in [1.82, 2.24) is 4.57 Å². The van der Waals surface area contributed by atoms with E-state index in [1.807, 2.05) is 0 Å². The molecule has 496 valence electrons. The Morgan fingerprint density at radius 3 is 1.44 bits per heavy atom. The third-order valence-electron chi connectivity index (χ3n) is 25.9. The summed E-state index contributed by atoms with van der Waals surface area (Å²) in [5, 5.41) is 9.46. The molecule has 0 amide bonds. The maximum Gasteiger partial charge on any atom is 0.144 e. The maximum absolute atomic E-state index is 7.20. The predicted molar refractivity (Wildman–Crippen MR) is 431 cm³/mol. The molecule has 23 rings (SSSR count). The van der Waals surface area contributed by atoms with Crippen molar-refractivity contribution in [3.05, 3.63) is 310 Å². The molecule has 104 heavy (non-hydrogen) atoms. The molecule has 0 saturated heterocycles. The van der Waals surface area contributed by atoms with Crippen LogP contribution in [-0.4, -0.2) is 4.57 Å². The average Bonchev–Trinajstić information content (AvgIpc) is 1.51. The van der Waals surface area contributed by atoms with Crippen LogP contribution in [0.25, 0.3) is 160 Å². The van der Waals surface area contributed by atoms with E-state index in [-0.39, 0.29) is 16.2 Å². The second-order valence-corrected chi connectivity index (χ2v) is 33.0. The van der Waals surface area contributed by atoms with Crippen molar-refractivity contribution >= 4 is 105 Å². The van der Waals surface area contributed by atoms with Crippen LogP contribution in [0.15, 0.2) is 268 Å². The van der Waals surface area contributed by atoms with Crippen LogP contribution in [-0.2, 0) is 27.1 Å². The van der Waals surface area contributed by atoms with Crippen LogP contribution in [0.1, 0.15) is 125 Å². The number of hydrogen-bond acceptors (Lipinski definition) is 4. The minimum Gasteiger partial charge on any atom is -0.456 e. The number of aromatic nitrogens is 1. The molecule has 14 aromatic carbocycles. The summed E-state index contributed by atoms with van der Waals surface area (Å²) in [6, 6.07) is 95.8.